The molecule has 0 saturated carbocycles. The van der Waals surface area contributed by atoms with E-state index in [0.717, 1.165) is 30.1 Å². The van der Waals surface area contributed by atoms with Crippen LogP contribution in [0.15, 0.2) is 21.2 Å². The minimum atomic E-state index is -0.304. The lowest BCUT2D eigenvalue weighted by Crippen LogP contribution is -3.08. The number of amides is 1. The third kappa shape index (κ3) is 2.20. The highest BCUT2D eigenvalue weighted by molar-refractivity contribution is 9.10. The summed E-state index contributed by atoms with van der Waals surface area (Å²) in [6.07, 6.45) is 0.667. The molecule has 0 bridgehead atoms. The molecule has 3 N–H and O–H groups in total. The van der Waals surface area contributed by atoms with Crippen LogP contribution in [-0.4, -0.2) is 19.5 Å². The number of carbonyl (C=O) groups is 1. The number of likely N-dealkylation sites (N-methyl/N-ethyl adjacent to an activating group) is 1. The SMILES string of the molecule is C[NH+]1CCc2c(sc3c2C(=O)N[C@H](c2ccc(Br)o2)N3)C1. The second kappa shape index (κ2) is 4.86. The molecule has 2 atom stereocenters. The Bertz CT molecular complexity index is 724. The molecule has 7 heteroatoms. The molecule has 0 fully saturated rings. The van der Waals surface area contributed by atoms with Crippen LogP contribution >= 0.6 is 27.3 Å². The van der Waals surface area contributed by atoms with Gasteiger partial charge in [-0.15, -0.1) is 11.3 Å². The zero-order valence-corrected chi connectivity index (χ0v) is 13.9. The summed E-state index contributed by atoms with van der Waals surface area (Å²) in [5, 5.41) is 7.35. The first-order chi connectivity index (χ1) is 10.1. The fourth-order valence-electron chi connectivity index (χ4n) is 2.96. The van der Waals surface area contributed by atoms with Crippen molar-refractivity contribution in [3.63, 3.8) is 0 Å². The first-order valence-corrected chi connectivity index (χ1v) is 8.51. The zero-order valence-electron chi connectivity index (χ0n) is 11.5. The number of nitrogens with one attached hydrogen (secondary N) is 3. The van der Waals surface area contributed by atoms with Gasteiger partial charge in [-0.1, -0.05) is 0 Å². The number of fused-ring (bicyclic) bond motifs is 3. The number of halogens is 1. The van der Waals surface area contributed by atoms with Crippen molar-refractivity contribution < 1.29 is 14.1 Å². The Kier molecular flexibility index (Phi) is 3.09. The van der Waals surface area contributed by atoms with Crippen molar-refractivity contribution in [2.75, 3.05) is 18.9 Å². The van der Waals surface area contributed by atoms with Crippen molar-refractivity contribution in [1.29, 1.82) is 0 Å². The molecule has 5 nitrogen and oxygen atoms in total. The molecule has 2 aromatic heterocycles. The fraction of sp³-hybridized carbons (Fsp3) is 0.357. The Morgan fingerprint density at radius 2 is 2.29 bits per heavy atom. The first-order valence-electron chi connectivity index (χ1n) is 6.90. The van der Waals surface area contributed by atoms with Crippen LogP contribution in [0.1, 0.15) is 32.7 Å². The lowest BCUT2D eigenvalue weighted by molar-refractivity contribution is -0.895. The van der Waals surface area contributed by atoms with Crippen molar-refractivity contribution in [2.45, 2.75) is 19.1 Å². The Labute approximate surface area is 134 Å². The predicted octanol–water partition coefficient (Wildman–Crippen LogP) is 1.53. The van der Waals surface area contributed by atoms with E-state index in [0.29, 0.717) is 10.4 Å². The van der Waals surface area contributed by atoms with Gasteiger partial charge in [-0.3, -0.25) is 4.79 Å². The molecule has 0 spiro atoms. The molecule has 0 aliphatic carbocycles. The molecule has 4 heterocycles. The topological polar surface area (TPSA) is 58.7 Å². The van der Waals surface area contributed by atoms with Gasteiger partial charge >= 0.3 is 0 Å². The van der Waals surface area contributed by atoms with Gasteiger partial charge in [-0.2, -0.15) is 0 Å². The monoisotopic (exact) mass is 368 g/mol. The highest BCUT2D eigenvalue weighted by Gasteiger charge is 2.34. The maximum Gasteiger partial charge on any atom is 0.256 e. The molecule has 21 heavy (non-hydrogen) atoms. The summed E-state index contributed by atoms with van der Waals surface area (Å²) in [7, 11) is 2.19. The maximum absolute atomic E-state index is 12.5. The van der Waals surface area contributed by atoms with Gasteiger partial charge in [-0.25, -0.2) is 0 Å². The summed E-state index contributed by atoms with van der Waals surface area (Å²) in [5.74, 6) is 0.702. The Morgan fingerprint density at radius 1 is 1.43 bits per heavy atom. The van der Waals surface area contributed by atoms with E-state index in [1.807, 2.05) is 12.1 Å². The average molecular weight is 369 g/mol. The molecule has 1 unspecified atom stereocenters. The zero-order chi connectivity index (χ0) is 14.6. The number of thiophene rings is 1. The Morgan fingerprint density at radius 3 is 3.05 bits per heavy atom. The minimum Gasteiger partial charge on any atom is -0.450 e. The molecular formula is C14H15BrN3O2S+. The standard InChI is InChI=1S/C14H14BrN3O2S/c1-18-5-4-7-9(6-18)21-14-11(7)13(19)16-12(17-14)8-2-3-10(15)20-8/h2-3,12,17H,4-6H2,1H3,(H,16,19)/p+1/t12-/m0/s1. The van der Waals surface area contributed by atoms with Crippen molar-refractivity contribution in [2.24, 2.45) is 0 Å². The van der Waals surface area contributed by atoms with Crippen LogP contribution in [-0.2, 0) is 13.0 Å². The number of anilines is 1. The van der Waals surface area contributed by atoms with E-state index in [1.54, 1.807) is 11.3 Å². The highest BCUT2D eigenvalue weighted by Crippen LogP contribution is 2.39. The van der Waals surface area contributed by atoms with Gasteiger partial charge < -0.3 is 20.0 Å². The molecule has 0 aromatic carbocycles. The van der Waals surface area contributed by atoms with Crippen LogP contribution in [0.4, 0.5) is 5.00 Å². The van der Waals surface area contributed by atoms with Crippen LogP contribution < -0.4 is 15.5 Å². The van der Waals surface area contributed by atoms with Gasteiger partial charge in [-0.05, 0) is 33.6 Å². The minimum absolute atomic E-state index is 0.00155. The summed E-state index contributed by atoms with van der Waals surface area (Å²) >= 11 is 5.00. The average Bonchev–Trinajstić information content (AvgIpc) is 3.01. The van der Waals surface area contributed by atoms with Gasteiger partial charge in [0.2, 0.25) is 0 Å². The molecule has 4 rings (SSSR count). The molecule has 2 aromatic rings. The van der Waals surface area contributed by atoms with Gasteiger partial charge in [0, 0.05) is 6.42 Å². The number of hydrogen-bond donors (Lipinski definition) is 3. The third-order valence-electron chi connectivity index (χ3n) is 4.01. The first kappa shape index (κ1) is 13.4. The van der Waals surface area contributed by atoms with E-state index in [4.69, 9.17) is 4.42 Å². The number of carbonyl (C=O) groups excluding carboxylic acids is 1. The molecule has 2 aliphatic heterocycles. The maximum atomic E-state index is 12.5. The fourth-order valence-corrected chi connectivity index (χ4v) is 4.66. The van der Waals surface area contributed by atoms with E-state index >= 15 is 0 Å². The summed E-state index contributed by atoms with van der Waals surface area (Å²) in [6.45, 7) is 2.08. The molecule has 0 saturated heterocycles. The van der Waals surface area contributed by atoms with Gasteiger partial charge in [0.15, 0.2) is 10.8 Å². The summed E-state index contributed by atoms with van der Waals surface area (Å²) in [4.78, 5) is 15.3. The molecule has 110 valence electrons. The smallest absolute Gasteiger partial charge is 0.256 e. The molecule has 0 radical (unpaired) electrons. The normalized spacial score (nSPS) is 24.0. The summed E-state index contributed by atoms with van der Waals surface area (Å²) in [6, 6.07) is 3.69. The third-order valence-corrected chi connectivity index (χ3v) is 5.60. The molecule has 1 amide bonds. The molecular weight excluding hydrogens is 354 g/mol. The van der Waals surface area contributed by atoms with Gasteiger partial charge in [0.25, 0.3) is 5.91 Å². The van der Waals surface area contributed by atoms with Crippen LogP contribution in [0.25, 0.3) is 0 Å². The molecule has 2 aliphatic rings. The van der Waals surface area contributed by atoms with Crippen LogP contribution in [0, 0.1) is 0 Å². The van der Waals surface area contributed by atoms with Crippen LogP contribution in [0.5, 0.6) is 0 Å². The number of rotatable bonds is 1. The number of furan rings is 1. The van der Waals surface area contributed by atoms with E-state index in [9.17, 15) is 4.79 Å². The quantitative estimate of drug-likeness (QED) is 0.715. The Balaban J connectivity index is 1.71. The van der Waals surface area contributed by atoms with E-state index in [1.165, 1.54) is 15.3 Å². The van der Waals surface area contributed by atoms with Crippen LogP contribution in [0.2, 0.25) is 0 Å². The van der Waals surface area contributed by atoms with Crippen molar-refractivity contribution in [3.8, 4) is 0 Å². The van der Waals surface area contributed by atoms with Crippen molar-refractivity contribution >= 4 is 38.2 Å². The van der Waals surface area contributed by atoms with E-state index in [2.05, 4.69) is 33.6 Å². The van der Waals surface area contributed by atoms with E-state index < -0.39 is 0 Å². The van der Waals surface area contributed by atoms with Crippen molar-refractivity contribution in [3.05, 3.63) is 38.6 Å². The number of hydrogen-bond acceptors (Lipinski definition) is 4. The Hall–Kier alpha value is -1.31. The number of quaternary nitrogens is 1. The van der Waals surface area contributed by atoms with Crippen LogP contribution in [0.3, 0.4) is 0 Å². The lowest BCUT2D eigenvalue weighted by atomic mass is 10.0. The largest absolute Gasteiger partial charge is 0.450 e. The van der Waals surface area contributed by atoms with Gasteiger partial charge in [0.1, 0.15) is 17.3 Å². The lowest BCUT2D eigenvalue weighted by Gasteiger charge is -2.25. The summed E-state index contributed by atoms with van der Waals surface area (Å²) < 4.78 is 6.21. The second-order valence-corrected chi connectivity index (χ2v) is 7.42. The van der Waals surface area contributed by atoms with Gasteiger partial charge in [0.05, 0.1) is 24.0 Å². The second-order valence-electron chi connectivity index (χ2n) is 5.53. The predicted molar refractivity (Wildman–Crippen MR) is 83.7 cm³/mol. The van der Waals surface area contributed by atoms with Crippen molar-refractivity contribution in [1.82, 2.24) is 5.32 Å². The highest BCUT2D eigenvalue weighted by atomic mass is 79.9. The van der Waals surface area contributed by atoms with E-state index in [-0.39, 0.29) is 12.1 Å². The summed E-state index contributed by atoms with van der Waals surface area (Å²) in [5.41, 5.74) is 2.06.